The summed E-state index contributed by atoms with van der Waals surface area (Å²) < 4.78 is 10.2. The molecule has 0 unspecified atom stereocenters. The third kappa shape index (κ3) is 8.68. The summed E-state index contributed by atoms with van der Waals surface area (Å²) in [6.07, 6.45) is 2.04. The number of nitrogens with zero attached hydrogens (tertiary/aromatic N) is 1. The third-order valence-electron chi connectivity index (χ3n) is 2.18. The van der Waals surface area contributed by atoms with Gasteiger partial charge >= 0.3 is 0 Å². The minimum absolute atomic E-state index is 0.0189. The van der Waals surface area contributed by atoms with E-state index in [1.807, 2.05) is 0 Å². The van der Waals surface area contributed by atoms with E-state index in [-0.39, 0.29) is 5.41 Å². The number of amidine groups is 1. The summed E-state index contributed by atoms with van der Waals surface area (Å²) in [5.74, 6) is 0.729. The molecule has 4 heteroatoms. The molecule has 2 N–H and O–H groups in total. The standard InChI is InChI=1S/C12H26N2O2/c1-12(2,3)11(13)14-7-5-6-8-16-10-9-15-4/h5-10H2,1-4H3,(H2,13,14). The molecule has 0 aliphatic heterocycles. The van der Waals surface area contributed by atoms with Gasteiger partial charge in [0.2, 0.25) is 0 Å². The van der Waals surface area contributed by atoms with E-state index in [2.05, 4.69) is 25.8 Å². The number of rotatable bonds is 8. The fourth-order valence-corrected chi connectivity index (χ4v) is 0.997. The first-order valence-corrected chi connectivity index (χ1v) is 5.85. The Balaban J connectivity index is 3.40. The van der Waals surface area contributed by atoms with Crippen molar-refractivity contribution in [3.63, 3.8) is 0 Å². The van der Waals surface area contributed by atoms with Crippen molar-refractivity contribution in [1.82, 2.24) is 0 Å². The molecule has 0 rings (SSSR count). The molecule has 0 heterocycles. The third-order valence-corrected chi connectivity index (χ3v) is 2.18. The van der Waals surface area contributed by atoms with Crippen molar-refractivity contribution in [3.05, 3.63) is 0 Å². The van der Waals surface area contributed by atoms with Crippen molar-refractivity contribution in [3.8, 4) is 0 Å². The molecule has 0 aromatic rings. The van der Waals surface area contributed by atoms with E-state index < -0.39 is 0 Å². The van der Waals surface area contributed by atoms with Crippen LogP contribution in [0.25, 0.3) is 0 Å². The van der Waals surface area contributed by atoms with Gasteiger partial charge in [-0.1, -0.05) is 20.8 Å². The highest BCUT2D eigenvalue weighted by Crippen LogP contribution is 2.12. The largest absolute Gasteiger partial charge is 0.387 e. The van der Waals surface area contributed by atoms with Gasteiger partial charge in [0.25, 0.3) is 0 Å². The first-order chi connectivity index (χ1) is 7.48. The molecule has 0 amide bonds. The van der Waals surface area contributed by atoms with Gasteiger partial charge in [0, 0.05) is 25.7 Å². The van der Waals surface area contributed by atoms with Crippen LogP contribution >= 0.6 is 0 Å². The van der Waals surface area contributed by atoms with Crippen LogP contribution in [0.2, 0.25) is 0 Å². The molecule has 0 aliphatic carbocycles. The van der Waals surface area contributed by atoms with E-state index in [0.717, 1.165) is 31.8 Å². The molecule has 0 fully saturated rings. The fraction of sp³-hybridized carbons (Fsp3) is 0.917. The Morgan fingerprint density at radius 2 is 1.81 bits per heavy atom. The topological polar surface area (TPSA) is 56.8 Å². The normalized spacial score (nSPS) is 13.1. The minimum Gasteiger partial charge on any atom is -0.387 e. The molecular weight excluding hydrogens is 204 g/mol. The Morgan fingerprint density at radius 1 is 1.12 bits per heavy atom. The van der Waals surface area contributed by atoms with Crippen molar-refractivity contribution in [2.45, 2.75) is 33.6 Å². The van der Waals surface area contributed by atoms with Crippen LogP contribution in [0.5, 0.6) is 0 Å². The van der Waals surface area contributed by atoms with Gasteiger partial charge in [0.15, 0.2) is 0 Å². The monoisotopic (exact) mass is 230 g/mol. The van der Waals surface area contributed by atoms with Gasteiger partial charge in [0.1, 0.15) is 0 Å². The highest BCUT2D eigenvalue weighted by atomic mass is 16.5. The van der Waals surface area contributed by atoms with Gasteiger partial charge in [-0.05, 0) is 12.8 Å². The minimum atomic E-state index is -0.0189. The van der Waals surface area contributed by atoms with Crippen LogP contribution in [0, 0.1) is 5.41 Å². The van der Waals surface area contributed by atoms with Crippen LogP contribution < -0.4 is 5.73 Å². The second kappa shape index (κ2) is 8.53. The number of ether oxygens (including phenoxy) is 2. The summed E-state index contributed by atoms with van der Waals surface area (Å²) in [5.41, 5.74) is 5.81. The van der Waals surface area contributed by atoms with Crippen molar-refractivity contribution in [1.29, 1.82) is 0 Å². The van der Waals surface area contributed by atoms with Gasteiger partial charge in [0.05, 0.1) is 19.0 Å². The number of hydrogen-bond donors (Lipinski definition) is 1. The van der Waals surface area contributed by atoms with E-state index in [4.69, 9.17) is 15.2 Å². The zero-order valence-electron chi connectivity index (χ0n) is 11.1. The molecule has 96 valence electrons. The molecule has 0 aliphatic rings. The maximum absolute atomic E-state index is 5.83. The van der Waals surface area contributed by atoms with E-state index in [1.54, 1.807) is 7.11 Å². The lowest BCUT2D eigenvalue weighted by molar-refractivity contribution is 0.0690. The summed E-state index contributed by atoms with van der Waals surface area (Å²) in [4.78, 5) is 4.34. The fourth-order valence-electron chi connectivity index (χ4n) is 0.997. The van der Waals surface area contributed by atoms with Crippen LogP contribution in [0.15, 0.2) is 4.99 Å². The Bertz CT molecular complexity index is 198. The van der Waals surface area contributed by atoms with Crippen LogP contribution in [0.1, 0.15) is 33.6 Å². The van der Waals surface area contributed by atoms with Crippen LogP contribution in [0.4, 0.5) is 0 Å². The summed E-state index contributed by atoms with van der Waals surface area (Å²) in [6.45, 7) is 9.10. The smallest absolute Gasteiger partial charge is 0.0991 e. The number of aliphatic imine (C=N–C) groups is 1. The Labute approximate surface area is 99.2 Å². The number of hydrogen-bond acceptors (Lipinski definition) is 3. The lowest BCUT2D eigenvalue weighted by atomic mass is 9.95. The predicted octanol–water partition coefficient (Wildman–Crippen LogP) is 1.83. The zero-order chi connectivity index (χ0) is 12.4. The lowest BCUT2D eigenvalue weighted by Crippen LogP contribution is -2.29. The Kier molecular flexibility index (Phi) is 8.21. The van der Waals surface area contributed by atoms with Gasteiger partial charge in [-0.2, -0.15) is 0 Å². The maximum atomic E-state index is 5.83. The lowest BCUT2D eigenvalue weighted by Gasteiger charge is -2.17. The van der Waals surface area contributed by atoms with E-state index in [0.29, 0.717) is 13.2 Å². The van der Waals surface area contributed by atoms with Gasteiger partial charge in [-0.25, -0.2) is 0 Å². The number of unbranched alkanes of at least 4 members (excludes halogenated alkanes) is 1. The highest BCUT2D eigenvalue weighted by Gasteiger charge is 2.14. The Hall–Kier alpha value is -0.610. The number of nitrogens with two attached hydrogens (primary N) is 1. The van der Waals surface area contributed by atoms with Crippen LogP contribution in [0.3, 0.4) is 0 Å². The van der Waals surface area contributed by atoms with Crippen molar-refractivity contribution >= 4 is 5.84 Å². The predicted molar refractivity (Wildman–Crippen MR) is 67.9 cm³/mol. The molecule has 0 aromatic carbocycles. The maximum Gasteiger partial charge on any atom is 0.0991 e. The van der Waals surface area contributed by atoms with Crippen molar-refractivity contribution in [2.24, 2.45) is 16.1 Å². The molecule has 0 bridgehead atoms. The molecule has 4 nitrogen and oxygen atoms in total. The molecule has 0 radical (unpaired) electrons. The summed E-state index contributed by atoms with van der Waals surface area (Å²) in [5, 5.41) is 0. The van der Waals surface area contributed by atoms with E-state index in [9.17, 15) is 0 Å². The SMILES string of the molecule is COCCOCCCCN=C(N)C(C)(C)C. The molecule has 0 spiro atoms. The molecule has 0 aromatic heterocycles. The van der Waals surface area contributed by atoms with Crippen LogP contribution in [-0.2, 0) is 9.47 Å². The summed E-state index contributed by atoms with van der Waals surface area (Å²) >= 11 is 0. The summed E-state index contributed by atoms with van der Waals surface area (Å²) in [6, 6.07) is 0. The molecule has 0 atom stereocenters. The first-order valence-electron chi connectivity index (χ1n) is 5.85. The zero-order valence-corrected chi connectivity index (χ0v) is 11.1. The summed E-state index contributed by atoms with van der Waals surface area (Å²) in [7, 11) is 1.67. The molecule has 16 heavy (non-hydrogen) atoms. The van der Waals surface area contributed by atoms with Gasteiger partial charge in [-0.3, -0.25) is 4.99 Å². The molecule has 0 saturated heterocycles. The molecule has 0 saturated carbocycles. The highest BCUT2D eigenvalue weighted by molar-refractivity contribution is 5.85. The van der Waals surface area contributed by atoms with E-state index >= 15 is 0 Å². The van der Waals surface area contributed by atoms with E-state index in [1.165, 1.54) is 0 Å². The second-order valence-electron chi connectivity index (χ2n) is 4.83. The average Bonchev–Trinajstić information content (AvgIpc) is 2.20. The number of methoxy groups -OCH3 is 1. The molecular formula is C12H26N2O2. The second-order valence-corrected chi connectivity index (χ2v) is 4.83. The first kappa shape index (κ1) is 15.4. The Morgan fingerprint density at radius 3 is 2.38 bits per heavy atom. The van der Waals surface area contributed by atoms with Crippen LogP contribution in [-0.4, -0.2) is 39.3 Å². The van der Waals surface area contributed by atoms with Gasteiger partial charge in [-0.15, -0.1) is 0 Å². The van der Waals surface area contributed by atoms with Crippen molar-refractivity contribution in [2.75, 3.05) is 33.5 Å². The quantitative estimate of drug-likeness (QED) is 0.393. The van der Waals surface area contributed by atoms with Gasteiger partial charge < -0.3 is 15.2 Å². The average molecular weight is 230 g/mol. The van der Waals surface area contributed by atoms with Crippen molar-refractivity contribution < 1.29 is 9.47 Å².